The number of aryl methyl sites for hydroxylation is 2. The van der Waals surface area contributed by atoms with Crippen LogP contribution in [0.2, 0.25) is 0 Å². The minimum Gasteiger partial charge on any atom is -0.496 e. The lowest BCUT2D eigenvalue weighted by Gasteiger charge is -2.16. The molecular weight excluding hydrogens is 250 g/mol. The molecule has 1 aromatic carbocycles. The Bertz CT molecular complexity index is 721. The molecule has 2 aromatic rings. The van der Waals surface area contributed by atoms with Crippen LogP contribution >= 0.6 is 0 Å². The normalized spacial score (nSPS) is 10.4. The molecule has 0 aliphatic carbocycles. The van der Waals surface area contributed by atoms with E-state index in [0.29, 0.717) is 5.69 Å². The molecule has 1 aromatic heterocycles. The first-order valence-electron chi connectivity index (χ1n) is 6.50. The van der Waals surface area contributed by atoms with Crippen LogP contribution in [0.15, 0.2) is 6.07 Å². The molecule has 20 heavy (non-hydrogen) atoms. The molecule has 0 N–H and O–H groups in total. The summed E-state index contributed by atoms with van der Waals surface area (Å²) < 4.78 is 7.37. The van der Waals surface area contributed by atoms with Crippen molar-refractivity contribution in [3.05, 3.63) is 34.3 Å². The van der Waals surface area contributed by atoms with Gasteiger partial charge in [0.2, 0.25) is 0 Å². The van der Waals surface area contributed by atoms with Crippen LogP contribution in [-0.2, 0) is 7.05 Å². The molecule has 1 heterocycles. The van der Waals surface area contributed by atoms with Gasteiger partial charge in [-0.3, -0.25) is 0 Å². The number of hydrogen-bond donors (Lipinski definition) is 0. The molecule has 0 atom stereocenters. The Hall–Kier alpha value is -2.28. The molecule has 0 unspecified atom stereocenters. The van der Waals surface area contributed by atoms with Crippen LogP contribution in [0.1, 0.15) is 28.2 Å². The summed E-state index contributed by atoms with van der Waals surface area (Å²) in [6.45, 7) is 8.04. The predicted octanol–water partition coefficient (Wildman–Crippen LogP) is 3.20. The Kier molecular flexibility index (Phi) is 3.54. The van der Waals surface area contributed by atoms with Crippen molar-refractivity contribution in [3.63, 3.8) is 0 Å². The number of hydrogen-bond acceptors (Lipinski definition) is 3. The highest BCUT2D eigenvalue weighted by molar-refractivity contribution is 5.75. The fraction of sp³-hybridized carbons (Fsp3) is 0.375. The number of nitriles is 1. The van der Waals surface area contributed by atoms with Crippen molar-refractivity contribution in [2.45, 2.75) is 27.7 Å². The zero-order chi connectivity index (χ0) is 15.0. The highest BCUT2D eigenvalue weighted by Gasteiger charge is 2.20. The third-order valence-corrected chi connectivity index (χ3v) is 3.93. The first kappa shape index (κ1) is 14.1. The average molecular weight is 269 g/mol. The van der Waals surface area contributed by atoms with E-state index in [1.165, 1.54) is 0 Å². The number of ether oxygens (including phenoxy) is 1. The summed E-state index contributed by atoms with van der Waals surface area (Å²) in [5.41, 5.74) is 5.73. The van der Waals surface area contributed by atoms with Crippen molar-refractivity contribution in [2.24, 2.45) is 7.05 Å². The topological polar surface area (TPSA) is 50.8 Å². The Morgan fingerprint density at radius 2 is 1.85 bits per heavy atom. The molecular formula is C16H19N3O. The summed E-state index contributed by atoms with van der Waals surface area (Å²) in [4.78, 5) is 4.33. The molecule has 0 radical (unpaired) electrons. The maximum Gasteiger partial charge on any atom is 0.166 e. The predicted molar refractivity (Wildman–Crippen MR) is 78.9 cm³/mol. The third-order valence-electron chi connectivity index (χ3n) is 3.93. The van der Waals surface area contributed by atoms with E-state index in [-0.39, 0.29) is 0 Å². The largest absolute Gasteiger partial charge is 0.496 e. The molecule has 0 fully saturated rings. The average Bonchev–Trinajstić information content (AvgIpc) is 2.71. The van der Waals surface area contributed by atoms with Crippen molar-refractivity contribution in [3.8, 4) is 23.1 Å². The van der Waals surface area contributed by atoms with Gasteiger partial charge in [-0.2, -0.15) is 5.26 Å². The second-order valence-electron chi connectivity index (χ2n) is 5.05. The quantitative estimate of drug-likeness (QED) is 0.841. The summed E-state index contributed by atoms with van der Waals surface area (Å²) in [5.74, 6) is 1.71. The number of nitrogens with zero attached hydrogens (tertiary/aromatic N) is 3. The number of aromatic nitrogens is 2. The van der Waals surface area contributed by atoms with Crippen molar-refractivity contribution < 1.29 is 4.74 Å². The molecule has 0 bridgehead atoms. The number of benzene rings is 1. The molecule has 104 valence electrons. The van der Waals surface area contributed by atoms with Crippen molar-refractivity contribution >= 4 is 0 Å². The second kappa shape index (κ2) is 5.01. The minimum absolute atomic E-state index is 0.473. The highest BCUT2D eigenvalue weighted by atomic mass is 16.5. The zero-order valence-electron chi connectivity index (χ0n) is 12.8. The van der Waals surface area contributed by atoms with Gasteiger partial charge in [-0.25, -0.2) is 4.98 Å². The van der Waals surface area contributed by atoms with E-state index in [0.717, 1.165) is 39.5 Å². The van der Waals surface area contributed by atoms with E-state index in [4.69, 9.17) is 4.74 Å². The van der Waals surface area contributed by atoms with Crippen molar-refractivity contribution in [1.29, 1.82) is 5.26 Å². The summed E-state index contributed by atoms with van der Waals surface area (Å²) in [5, 5.41) is 9.32. The summed E-state index contributed by atoms with van der Waals surface area (Å²) in [6.07, 6.45) is 0. The van der Waals surface area contributed by atoms with E-state index >= 15 is 0 Å². The Morgan fingerprint density at radius 3 is 2.40 bits per heavy atom. The van der Waals surface area contributed by atoms with Crippen LogP contribution in [0, 0.1) is 39.0 Å². The Labute approximate surface area is 119 Å². The number of imidazole rings is 1. The van der Waals surface area contributed by atoms with Crippen LogP contribution in [-0.4, -0.2) is 16.7 Å². The van der Waals surface area contributed by atoms with Crippen molar-refractivity contribution in [2.75, 3.05) is 7.11 Å². The van der Waals surface area contributed by atoms with E-state index in [9.17, 15) is 5.26 Å². The fourth-order valence-electron chi connectivity index (χ4n) is 2.60. The molecule has 4 nitrogen and oxygen atoms in total. The standard InChI is InChI=1S/C16H19N3O/c1-9-7-14(20-6)10(2)11(3)15(9)16-13(8-17)18-12(4)19(16)5/h7H,1-6H3. The van der Waals surface area contributed by atoms with Gasteiger partial charge in [0.15, 0.2) is 5.69 Å². The minimum atomic E-state index is 0.473. The monoisotopic (exact) mass is 269 g/mol. The Balaban J connectivity index is 2.85. The van der Waals surface area contributed by atoms with E-state index < -0.39 is 0 Å². The first-order chi connectivity index (χ1) is 9.42. The van der Waals surface area contributed by atoms with Crippen LogP contribution < -0.4 is 4.74 Å². The van der Waals surface area contributed by atoms with E-state index in [1.54, 1.807) is 7.11 Å². The van der Waals surface area contributed by atoms with Gasteiger partial charge in [-0.1, -0.05) is 0 Å². The molecule has 0 aliphatic rings. The van der Waals surface area contributed by atoms with Gasteiger partial charge < -0.3 is 9.30 Å². The lowest BCUT2D eigenvalue weighted by molar-refractivity contribution is 0.411. The maximum absolute atomic E-state index is 9.32. The third kappa shape index (κ3) is 1.96. The maximum atomic E-state index is 9.32. The van der Waals surface area contributed by atoms with Crippen LogP contribution in [0.3, 0.4) is 0 Å². The van der Waals surface area contributed by atoms with Gasteiger partial charge in [0.1, 0.15) is 17.6 Å². The van der Waals surface area contributed by atoms with Gasteiger partial charge in [0, 0.05) is 12.6 Å². The molecule has 4 heteroatoms. The van der Waals surface area contributed by atoms with Gasteiger partial charge >= 0.3 is 0 Å². The van der Waals surface area contributed by atoms with E-state index in [1.807, 2.05) is 38.5 Å². The van der Waals surface area contributed by atoms with E-state index in [2.05, 4.69) is 18.0 Å². The molecule has 0 saturated carbocycles. The van der Waals surface area contributed by atoms with Gasteiger partial charge in [-0.05, 0) is 50.5 Å². The number of methoxy groups -OCH3 is 1. The molecule has 0 saturated heterocycles. The van der Waals surface area contributed by atoms with Crippen LogP contribution in [0.4, 0.5) is 0 Å². The van der Waals surface area contributed by atoms with Gasteiger partial charge in [0.05, 0.1) is 12.8 Å². The smallest absolute Gasteiger partial charge is 0.166 e. The first-order valence-corrected chi connectivity index (χ1v) is 6.50. The Morgan fingerprint density at radius 1 is 1.20 bits per heavy atom. The lowest BCUT2D eigenvalue weighted by atomic mass is 9.94. The molecule has 0 spiro atoms. The second-order valence-corrected chi connectivity index (χ2v) is 5.05. The van der Waals surface area contributed by atoms with Crippen molar-refractivity contribution in [1.82, 2.24) is 9.55 Å². The number of rotatable bonds is 2. The van der Waals surface area contributed by atoms with Gasteiger partial charge in [0.25, 0.3) is 0 Å². The van der Waals surface area contributed by atoms with Crippen LogP contribution in [0.5, 0.6) is 5.75 Å². The fourth-order valence-corrected chi connectivity index (χ4v) is 2.60. The summed E-state index contributed by atoms with van der Waals surface area (Å²) in [6, 6.07) is 4.21. The zero-order valence-corrected chi connectivity index (χ0v) is 12.8. The highest BCUT2D eigenvalue weighted by Crippen LogP contribution is 2.36. The summed E-state index contributed by atoms with van der Waals surface area (Å²) >= 11 is 0. The van der Waals surface area contributed by atoms with Gasteiger partial charge in [-0.15, -0.1) is 0 Å². The lowest BCUT2D eigenvalue weighted by Crippen LogP contribution is -2.01. The molecule has 2 rings (SSSR count). The van der Waals surface area contributed by atoms with Crippen LogP contribution in [0.25, 0.3) is 11.3 Å². The summed E-state index contributed by atoms with van der Waals surface area (Å²) in [7, 11) is 3.62. The SMILES string of the molecule is COc1cc(C)c(-c2c(C#N)nc(C)n2C)c(C)c1C. The molecule has 0 amide bonds. The molecule has 0 aliphatic heterocycles.